The highest BCUT2D eigenvalue weighted by molar-refractivity contribution is 14.1. The monoisotopic (exact) mass is 555 g/mol. The lowest BCUT2D eigenvalue weighted by Crippen LogP contribution is -2.04. The van der Waals surface area contributed by atoms with Gasteiger partial charge in [0, 0.05) is 16.7 Å². The lowest BCUT2D eigenvalue weighted by Gasteiger charge is -2.16. The van der Waals surface area contributed by atoms with Crippen LogP contribution >= 0.6 is 38.5 Å². The molecule has 1 N–H and O–H groups in total. The van der Waals surface area contributed by atoms with Gasteiger partial charge in [-0.2, -0.15) is 0 Å². The molecule has 3 aromatic rings. The van der Waals surface area contributed by atoms with Crippen LogP contribution in [0, 0.1) is 16.3 Å². The molecule has 0 aromatic heterocycles. The van der Waals surface area contributed by atoms with Crippen molar-refractivity contribution in [1.82, 2.24) is 0 Å². The molecule has 28 heavy (non-hydrogen) atoms. The van der Waals surface area contributed by atoms with E-state index in [4.69, 9.17) is 9.47 Å². The van der Waals surface area contributed by atoms with E-state index >= 15 is 0 Å². The molecular formula is C22H20BrFINO2. The topological polar surface area (TPSA) is 30.5 Å². The number of methoxy groups -OCH3 is 1. The Morgan fingerprint density at radius 2 is 1.79 bits per heavy atom. The summed E-state index contributed by atoms with van der Waals surface area (Å²) in [6.07, 6.45) is 0. The normalized spacial score (nSPS) is 10.6. The number of aryl methyl sites for hydroxylation is 1. The summed E-state index contributed by atoms with van der Waals surface area (Å²) in [4.78, 5) is 0. The molecule has 3 nitrogen and oxygen atoms in total. The highest BCUT2D eigenvalue weighted by atomic mass is 127. The van der Waals surface area contributed by atoms with Crippen molar-refractivity contribution in [2.24, 2.45) is 0 Å². The van der Waals surface area contributed by atoms with Crippen LogP contribution < -0.4 is 14.8 Å². The Balaban J connectivity index is 1.72. The van der Waals surface area contributed by atoms with Gasteiger partial charge < -0.3 is 14.8 Å². The van der Waals surface area contributed by atoms with Gasteiger partial charge in [-0.1, -0.05) is 28.1 Å². The molecule has 6 heteroatoms. The molecule has 0 aliphatic heterocycles. The zero-order chi connectivity index (χ0) is 20.1. The van der Waals surface area contributed by atoms with E-state index in [1.54, 1.807) is 19.2 Å². The first-order valence-electron chi connectivity index (χ1n) is 8.70. The van der Waals surface area contributed by atoms with Crippen LogP contribution in [0.15, 0.2) is 59.1 Å². The fourth-order valence-corrected chi connectivity index (χ4v) is 4.07. The summed E-state index contributed by atoms with van der Waals surface area (Å²) >= 11 is 5.74. The predicted octanol–water partition coefficient (Wildman–Crippen LogP) is 6.70. The molecule has 0 spiro atoms. The van der Waals surface area contributed by atoms with Gasteiger partial charge in [0.2, 0.25) is 0 Å². The van der Waals surface area contributed by atoms with Crippen LogP contribution in [0.3, 0.4) is 0 Å². The Hall–Kier alpha value is -1.80. The molecule has 0 saturated heterocycles. The van der Waals surface area contributed by atoms with Gasteiger partial charge in [0.1, 0.15) is 12.4 Å². The molecule has 0 amide bonds. The minimum Gasteiger partial charge on any atom is -0.493 e. The third-order valence-corrected chi connectivity index (χ3v) is 5.55. The summed E-state index contributed by atoms with van der Waals surface area (Å²) in [6, 6.07) is 16.5. The van der Waals surface area contributed by atoms with E-state index < -0.39 is 0 Å². The molecule has 0 atom stereocenters. The zero-order valence-electron chi connectivity index (χ0n) is 15.6. The zero-order valence-corrected chi connectivity index (χ0v) is 19.3. The first kappa shape index (κ1) is 20.9. The lowest BCUT2D eigenvalue weighted by atomic mass is 10.1. The van der Waals surface area contributed by atoms with Crippen LogP contribution in [-0.4, -0.2) is 7.11 Å². The number of benzene rings is 3. The Kier molecular flexibility index (Phi) is 7.18. The molecule has 0 heterocycles. The van der Waals surface area contributed by atoms with Crippen LogP contribution in [0.5, 0.6) is 11.5 Å². The summed E-state index contributed by atoms with van der Waals surface area (Å²) in [6.45, 7) is 3.10. The first-order valence-corrected chi connectivity index (χ1v) is 10.6. The lowest BCUT2D eigenvalue weighted by molar-refractivity contribution is 0.282. The van der Waals surface area contributed by atoms with Crippen molar-refractivity contribution in [3.05, 3.63) is 85.1 Å². The van der Waals surface area contributed by atoms with E-state index in [9.17, 15) is 4.39 Å². The second-order valence-corrected chi connectivity index (χ2v) is 8.41. The van der Waals surface area contributed by atoms with Gasteiger partial charge in [0.15, 0.2) is 11.5 Å². The smallest absolute Gasteiger partial charge is 0.174 e. The van der Waals surface area contributed by atoms with Crippen molar-refractivity contribution in [3.8, 4) is 11.5 Å². The SMILES string of the molecule is COc1cc(CNc2ccc(Br)cc2C)cc(I)c1OCc1ccc(F)cc1. The van der Waals surface area contributed by atoms with E-state index in [0.29, 0.717) is 24.7 Å². The van der Waals surface area contributed by atoms with Crippen LogP contribution in [0.1, 0.15) is 16.7 Å². The maximum absolute atomic E-state index is 13.0. The molecule has 3 rings (SSSR count). The van der Waals surface area contributed by atoms with E-state index in [2.05, 4.69) is 69.0 Å². The number of ether oxygens (including phenoxy) is 2. The van der Waals surface area contributed by atoms with Crippen molar-refractivity contribution in [2.45, 2.75) is 20.1 Å². The molecule has 0 fully saturated rings. The largest absolute Gasteiger partial charge is 0.493 e. The van der Waals surface area contributed by atoms with Crippen molar-refractivity contribution in [3.63, 3.8) is 0 Å². The standard InChI is InChI=1S/C22H20BrFINO2/c1-14-9-17(23)5-8-20(14)26-12-16-10-19(25)22(21(11-16)27-2)28-13-15-3-6-18(24)7-4-15/h3-11,26H,12-13H2,1-2H3. The molecule has 0 aliphatic rings. The Morgan fingerprint density at radius 3 is 2.46 bits per heavy atom. The second-order valence-electron chi connectivity index (χ2n) is 6.34. The molecule has 0 aliphatic carbocycles. The number of anilines is 1. The van der Waals surface area contributed by atoms with Crippen LogP contribution in [0.4, 0.5) is 10.1 Å². The summed E-state index contributed by atoms with van der Waals surface area (Å²) in [5.41, 5.74) is 4.26. The van der Waals surface area contributed by atoms with Crippen molar-refractivity contribution < 1.29 is 13.9 Å². The van der Waals surface area contributed by atoms with Crippen LogP contribution in [0.2, 0.25) is 0 Å². The fourth-order valence-electron chi connectivity index (χ4n) is 2.77. The van der Waals surface area contributed by atoms with E-state index in [-0.39, 0.29) is 5.82 Å². The Morgan fingerprint density at radius 1 is 1.04 bits per heavy atom. The van der Waals surface area contributed by atoms with Gasteiger partial charge in [-0.3, -0.25) is 0 Å². The maximum Gasteiger partial charge on any atom is 0.174 e. The average molecular weight is 556 g/mol. The number of nitrogens with one attached hydrogen (secondary N) is 1. The second kappa shape index (κ2) is 9.60. The number of hydrogen-bond donors (Lipinski definition) is 1. The molecule has 3 aromatic carbocycles. The number of hydrogen-bond acceptors (Lipinski definition) is 3. The van der Waals surface area contributed by atoms with Crippen molar-refractivity contribution in [1.29, 1.82) is 0 Å². The van der Waals surface area contributed by atoms with Gasteiger partial charge in [-0.25, -0.2) is 4.39 Å². The van der Waals surface area contributed by atoms with Crippen molar-refractivity contribution in [2.75, 3.05) is 12.4 Å². The molecule has 0 bridgehead atoms. The number of rotatable bonds is 7. The molecular weight excluding hydrogens is 536 g/mol. The summed E-state index contributed by atoms with van der Waals surface area (Å²) in [7, 11) is 1.63. The van der Waals surface area contributed by atoms with Crippen LogP contribution in [-0.2, 0) is 13.2 Å². The third kappa shape index (κ3) is 5.38. The minimum absolute atomic E-state index is 0.256. The molecule has 0 unspecified atom stereocenters. The van der Waals surface area contributed by atoms with Crippen LogP contribution in [0.25, 0.3) is 0 Å². The maximum atomic E-state index is 13.0. The number of halogens is 3. The minimum atomic E-state index is -0.256. The highest BCUT2D eigenvalue weighted by Gasteiger charge is 2.12. The summed E-state index contributed by atoms with van der Waals surface area (Å²) in [5, 5.41) is 3.46. The highest BCUT2D eigenvalue weighted by Crippen LogP contribution is 2.35. The third-order valence-electron chi connectivity index (χ3n) is 4.26. The molecule has 0 radical (unpaired) electrons. The molecule has 146 valence electrons. The van der Waals surface area contributed by atoms with Crippen molar-refractivity contribution >= 4 is 44.2 Å². The Bertz CT molecular complexity index is 963. The molecule has 0 saturated carbocycles. The predicted molar refractivity (Wildman–Crippen MR) is 123 cm³/mol. The average Bonchev–Trinajstić information content (AvgIpc) is 2.67. The first-order chi connectivity index (χ1) is 13.5. The van der Waals surface area contributed by atoms with E-state index in [1.165, 1.54) is 17.7 Å². The van der Waals surface area contributed by atoms with E-state index in [0.717, 1.165) is 24.9 Å². The fraction of sp³-hybridized carbons (Fsp3) is 0.182. The van der Waals surface area contributed by atoms with Gasteiger partial charge in [-0.05, 0) is 88.7 Å². The summed E-state index contributed by atoms with van der Waals surface area (Å²) < 4.78 is 26.6. The van der Waals surface area contributed by atoms with Gasteiger partial charge in [0.05, 0.1) is 10.7 Å². The Labute approximate surface area is 186 Å². The van der Waals surface area contributed by atoms with E-state index in [1.807, 2.05) is 12.1 Å². The van der Waals surface area contributed by atoms with Gasteiger partial charge in [-0.15, -0.1) is 0 Å². The summed E-state index contributed by atoms with van der Waals surface area (Å²) in [5.74, 6) is 1.11. The quantitative estimate of drug-likeness (QED) is 0.329. The van der Waals surface area contributed by atoms with Gasteiger partial charge in [0.25, 0.3) is 0 Å². The van der Waals surface area contributed by atoms with Gasteiger partial charge >= 0.3 is 0 Å².